The van der Waals surface area contributed by atoms with Crippen LogP contribution in [0.4, 0.5) is 0 Å². The highest BCUT2D eigenvalue weighted by Gasteiger charge is 2.30. The first kappa shape index (κ1) is 15.9. The Kier molecular flexibility index (Phi) is 4.76. The van der Waals surface area contributed by atoms with Gasteiger partial charge in [-0.15, -0.1) is 11.3 Å². The summed E-state index contributed by atoms with van der Waals surface area (Å²) >= 11 is 4.92. The number of hydrogen-bond donors (Lipinski definition) is 2. The predicted octanol–water partition coefficient (Wildman–Crippen LogP) is 3.23. The van der Waals surface area contributed by atoms with Gasteiger partial charge in [0.25, 0.3) is 0 Å². The summed E-state index contributed by atoms with van der Waals surface area (Å²) in [7, 11) is -3.42. The van der Waals surface area contributed by atoms with Crippen LogP contribution in [0.5, 0.6) is 0 Å². The van der Waals surface area contributed by atoms with Crippen molar-refractivity contribution in [2.45, 2.75) is 62.6 Å². The third-order valence-electron chi connectivity index (χ3n) is 4.31. The van der Waals surface area contributed by atoms with E-state index in [1.54, 1.807) is 6.07 Å². The molecule has 0 radical (unpaired) electrons. The van der Waals surface area contributed by atoms with Crippen LogP contribution >= 0.6 is 27.3 Å². The highest BCUT2D eigenvalue weighted by Crippen LogP contribution is 2.34. The molecule has 0 spiro atoms. The minimum absolute atomic E-state index is 0.0786. The van der Waals surface area contributed by atoms with Gasteiger partial charge >= 0.3 is 0 Å². The number of sulfonamides is 1. The Bertz CT molecular complexity index is 610. The Hall–Kier alpha value is 0.0500. The number of halogens is 1. The number of hydrogen-bond acceptors (Lipinski definition) is 4. The van der Waals surface area contributed by atoms with Crippen molar-refractivity contribution in [3.05, 3.63) is 14.7 Å². The third kappa shape index (κ3) is 3.88. The summed E-state index contributed by atoms with van der Waals surface area (Å²) in [6, 6.07) is 2.50. The van der Waals surface area contributed by atoms with Gasteiger partial charge in [-0.05, 0) is 53.6 Å². The molecule has 0 aromatic carbocycles. The summed E-state index contributed by atoms with van der Waals surface area (Å²) in [5.74, 6) is 0.424. The molecule has 2 N–H and O–H groups in total. The van der Waals surface area contributed by atoms with Gasteiger partial charge in [-0.1, -0.05) is 13.3 Å². The lowest BCUT2D eigenvalue weighted by atomic mass is 10.1. The molecule has 2 saturated carbocycles. The highest BCUT2D eigenvalue weighted by molar-refractivity contribution is 9.11. The average molecular weight is 393 g/mol. The van der Waals surface area contributed by atoms with Gasteiger partial charge in [0.1, 0.15) is 4.90 Å². The topological polar surface area (TPSA) is 58.2 Å². The van der Waals surface area contributed by atoms with Crippen LogP contribution in [-0.4, -0.2) is 20.5 Å². The Balaban J connectivity index is 1.71. The molecule has 2 atom stereocenters. The molecule has 0 bridgehead atoms. The SMILES string of the molecule is CC1CCCC1NS(=O)(=O)c1cc(CNC2CC2)sc1Br. The van der Waals surface area contributed by atoms with Crippen LogP contribution < -0.4 is 10.0 Å². The molecule has 3 rings (SSSR count). The fourth-order valence-corrected chi connectivity index (χ4v) is 6.80. The molecule has 118 valence electrons. The molecule has 0 aliphatic heterocycles. The Morgan fingerprint density at radius 1 is 1.33 bits per heavy atom. The van der Waals surface area contributed by atoms with Crippen LogP contribution in [0.25, 0.3) is 0 Å². The fraction of sp³-hybridized carbons (Fsp3) is 0.714. The van der Waals surface area contributed by atoms with E-state index in [1.807, 2.05) is 0 Å². The van der Waals surface area contributed by atoms with Crippen molar-refractivity contribution in [1.29, 1.82) is 0 Å². The molecule has 2 aliphatic carbocycles. The summed E-state index contributed by atoms with van der Waals surface area (Å²) < 4.78 is 28.7. The van der Waals surface area contributed by atoms with Crippen molar-refractivity contribution >= 4 is 37.3 Å². The molecule has 4 nitrogen and oxygen atoms in total. The summed E-state index contributed by atoms with van der Waals surface area (Å²) in [5, 5.41) is 3.42. The highest BCUT2D eigenvalue weighted by atomic mass is 79.9. The maximum absolute atomic E-state index is 12.6. The van der Waals surface area contributed by atoms with Crippen LogP contribution in [0, 0.1) is 5.92 Å². The second kappa shape index (κ2) is 6.28. The maximum Gasteiger partial charge on any atom is 0.242 e. The van der Waals surface area contributed by atoms with E-state index in [0.29, 0.717) is 20.6 Å². The Morgan fingerprint density at radius 3 is 2.71 bits per heavy atom. The van der Waals surface area contributed by atoms with E-state index in [1.165, 1.54) is 24.2 Å². The van der Waals surface area contributed by atoms with Gasteiger partial charge in [-0.25, -0.2) is 13.1 Å². The van der Waals surface area contributed by atoms with Gasteiger partial charge in [-0.3, -0.25) is 0 Å². The zero-order valence-electron chi connectivity index (χ0n) is 12.1. The van der Waals surface area contributed by atoms with Gasteiger partial charge in [0, 0.05) is 23.5 Å². The molecule has 0 amide bonds. The van der Waals surface area contributed by atoms with Gasteiger partial charge in [-0.2, -0.15) is 0 Å². The minimum atomic E-state index is -3.42. The number of thiophene rings is 1. The van der Waals surface area contributed by atoms with Crippen LogP contribution in [0.1, 0.15) is 43.9 Å². The van der Waals surface area contributed by atoms with E-state index >= 15 is 0 Å². The van der Waals surface area contributed by atoms with Crippen molar-refractivity contribution in [3.8, 4) is 0 Å². The van der Waals surface area contributed by atoms with Gasteiger partial charge < -0.3 is 5.32 Å². The Morgan fingerprint density at radius 2 is 2.10 bits per heavy atom. The van der Waals surface area contributed by atoms with Crippen molar-refractivity contribution < 1.29 is 8.42 Å². The molecule has 1 aromatic heterocycles. The van der Waals surface area contributed by atoms with Crippen molar-refractivity contribution in [1.82, 2.24) is 10.0 Å². The van der Waals surface area contributed by atoms with E-state index in [4.69, 9.17) is 0 Å². The van der Waals surface area contributed by atoms with Crippen LogP contribution in [0.15, 0.2) is 14.7 Å². The number of nitrogens with one attached hydrogen (secondary N) is 2. The van der Waals surface area contributed by atoms with E-state index in [2.05, 4.69) is 32.9 Å². The first-order valence-corrected chi connectivity index (χ1v) is 10.6. The van der Waals surface area contributed by atoms with Crippen molar-refractivity contribution in [3.63, 3.8) is 0 Å². The lowest BCUT2D eigenvalue weighted by Crippen LogP contribution is -2.36. The standard InChI is InChI=1S/C14H21BrN2O2S2/c1-9-3-2-4-12(9)17-21(18,19)13-7-11(20-14(13)15)8-16-10-5-6-10/h7,9-10,12,16-17H,2-6,8H2,1H3. The Labute approximate surface area is 138 Å². The smallest absolute Gasteiger partial charge is 0.242 e. The molecule has 2 fully saturated rings. The summed E-state index contributed by atoms with van der Waals surface area (Å²) in [6.07, 6.45) is 5.63. The second-order valence-corrected chi connectivity index (χ2v) is 10.3. The zero-order valence-corrected chi connectivity index (χ0v) is 15.3. The van der Waals surface area contributed by atoms with Crippen molar-refractivity contribution in [2.24, 2.45) is 5.92 Å². The molecule has 1 aromatic rings. The largest absolute Gasteiger partial charge is 0.309 e. The fourth-order valence-electron chi connectivity index (χ4n) is 2.78. The van der Waals surface area contributed by atoms with E-state index < -0.39 is 10.0 Å². The molecule has 7 heteroatoms. The normalized spacial score (nSPS) is 26.4. The molecule has 2 unspecified atom stereocenters. The quantitative estimate of drug-likeness (QED) is 0.780. The first-order valence-electron chi connectivity index (χ1n) is 7.49. The van der Waals surface area contributed by atoms with E-state index in [-0.39, 0.29) is 6.04 Å². The zero-order chi connectivity index (χ0) is 15.0. The van der Waals surface area contributed by atoms with Gasteiger partial charge in [0.15, 0.2) is 0 Å². The summed E-state index contributed by atoms with van der Waals surface area (Å²) in [4.78, 5) is 1.45. The van der Waals surface area contributed by atoms with Crippen LogP contribution in [0.2, 0.25) is 0 Å². The number of rotatable bonds is 6. The maximum atomic E-state index is 12.6. The molecular weight excluding hydrogens is 372 g/mol. The molecule has 21 heavy (non-hydrogen) atoms. The van der Waals surface area contributed by atoms with Crippen LogP contribution in [-0.2, 0) is 16.6 Å². The van der Waals surface area contributed by atoms with Crippen molar-refractivity contribution in [2.75, 3.05) is 0 Å². The average Bonchev–Trinajstić information content (AvgIpc) is 3.05. The third-order valence-corrected chi connectivity index (χ3v) is 8.05. The molecule has 0 saturated heterocycles. The van der Waals surface area contributed by atoms with Gasteiger partial charge in [0.05, 0.1) is 3.79 Å². The molecular formula is C14H21BrN2O2S2. The van der Waals surface area contributed by atoms with E-state index in [9.17, 15) is 8.42 Å². The first-order chi connectivity index (χ1) is 9.95. The molecule has 2 aliphatic rings. The predicted molar refractivity (Wildman–Crippen MR) is 89.0 cm³/mol. The van der Waals surface area contributed by atoms with E-state index in [0.717, 1.165) is 30.7 Å². The minimum Gasteiger partial charge on any atom is -0.309 e. The lowest BCUT2D eigenvalue weighted by molar-refractivity contribution is 0.476. The lowest BCUT2D eigenvalue weighted by Gasteiger charge is -2.16. The summed E-state index contributed by atoms with van der Waals surface area (Å²) in [6.45, 7) is 2.87. The van der Waals surface area contributed by atoms with Crippen LogP contribution in [0.3, 0.4) is 0 Å². The molecule has 1 heterocycles. The monoisotopic (exact) mass is 392 g/mol. The second-order valence-electron chi connectivity index (χ2n) is 6.14. The van der Waals surface area contributed by atoms with Gasteiger partial charge in [0.2, 0.25) is 10.0 Å². The summed E-state index contributed by atoms with van der Waals surface area (Å²) in [5.41, 5.74) is 0.